The molecule has 21 heavy (non-hydrogen) atoms. The molecule has 0 spiro atoms. The van der Waals surface area contributed by atoms with Crippen LogP contribution in [0.3, 0.4) is 0 Å². The zero-order valence-electron chi connectivity index (χ0n) is 14.0. The predicted molar refractivity (Wildman–Crippen MR) is 78.2 cm³/mol. The molecule has 6 heteroatoms. The van der Waals surface area contributed by atoms with E-state index in [9.17, 15) is 14.4 Å². The number of primary amides is 1. The first-order valence-electron chi connectivity index (χ1n) is 6.88. The molecule has 0 rings (SSSR count). The highest BCUT2D eigenvalue weighted by Crippen LogP contribution is 2.28. The number of carbonyl (C=O) groups excluding carboxylic acids is 3. The standard InChI is InChI=1S/C15H27NO5/c1-13(2,3)20-10(17)8-15(7,12(16)19)9-11(18)21-14(4,5)6/h8-9H2,1-7H3,(H2,16,19). The molecule has 0 aromatic rings. The van der Waals surface area contributed by atoms with Crippen LogP contribution >= 0.6 is 0 Å². The maximum atomic E-state index is 11.9. The molecule has 1 amide bonds. The van der Waals surface area contributed by atoms with E-state index in [4.69, 9.17) is 15.2 Å². The fourth-order valence-electron chi connectivity index (χ4n) is 1.63. The molecular weight excluding hydrogens is 274 g/mol. The first kappa shape index (κ1) is 19.4. The minimum Gasteiger partial charge on any atom is -0.460 e. The fourth-order valence-corrected chi connectivity index (χ4v) is 1.63. The van der Waals surface area contributed by atoms with Crippen molar-refractivity contribution >= 4 is 17.8 Å². The summed E-state index contributed by atoms with van der Waals surface area (Å²) in [5.41, 5.74) is 2.68. The zero-order chi connectivity index (χ0) is 17.1. The van der Waals surface area contributed by atoms with Crippen molar-refractivity contribution in [2.45, 2.75) is 72.5 Å². The molecule has 0 aliphatic rings. The van der Waals surface area contributed by atoms with E-state index in [0.717, 1.165) is 0 Å². The largest absolute Gasteiger partial charge is 0.460 e. The third-order valence-corrected chi connectivity index (χ3v) is 2.50. The number of rotatable bonds is 5. The summed E-state index contributed by atoms with van der Waals surface area (Å²) in [6.45, 7) is 11.8. The van der Waals surface area contributed by atoms with Gasteiger partial charge in [0, 0.05) is 0 Å². The summed E-state index contributed by atoms with van der Waals surface area (Å²) in [6, 6.07) is 0. The molecular formula is C15H27NO5. The number of nitrogens with two attached hydrogens (primary N) is 1. The summed E-state index contributed by atoms with van der Waals surface area (Å²) in [6.07, 6.45) is -0.530. The first-order chi connectivity index (χ1) is 9.15. The summed E-state index contributed by atoms with van der Waals surface area (Å²) in [7, 11) is 0. The maximum absolute atomic E-state index is 11.9. The van der Waals surface area contributed by atoms with Crippen molar-refractivity contribution < 1.29 is 23.9 Å². The van der Waals surface area contributed by atoms with Gasteiger partial charge in [0.25, 0.3) is 0 Å². The lowest BCUT2D eigenvalue weighted by molar-refractivity contribution is -0.164. The van der Waals surface area contributed by atoms with Gasteiger partial charge >= 0.3 is 11.9 Å². The van der Waals surface area contributed by atoms with Crippen LogP contribution in [-0.4, -0.2) is 29.0 Å². The molecule has 0 unspecified atom stereocenters. The second-order valence-electron chi connectivity index (χ2n) is 7.45. The van der Waals surface area contributed by atoms with Gasteiger partial charge in [0.15, 0.2) is 0 Å². The van der Waals surface area contributed by atoms with Gasteiger partial charge in [-0.15, -0.1) is 0 Å². The highest BCUT2D eigenvalue weighted by molar-refractivity contribution is 5.89. The lowest BCUT2D eigenvalue weighted by Gasteiger charge is -2.28. The van der Waals surface area contributed by atoms with Crippen molar-refractivity contribution in [1.29, 1.82) is 0 Å². The molecule has 122 valence electrons. The van der Waals surface area contributed by atoms with Crippen LogP contribution in [0.4, 0.5) is 0 Å². The van der Waals surface area contributed by atoms with E-state index in [0.29, 0.717) is 0 Å². The molecule has 0 heterocycles. The molecule has 0 bridgehead atoms. The molecule has 0 aromatic carbocycles. The molecule has 0 saturated heterocycles. The van der Waals surface area contributed by atoms with Gasteiger partial charge in [0.1, 0.15) is 11.2 Å². The molecule has 0 aliphatic heterocycles. The van der Waals surface area contributed by atoms with Gasteiger partial charge in [0.2, 0.25) is 5.91 Å². The van der Waals surface area contributed by atoms with E-state index in [-0.39, 0.29) is 12.8 Å². The first-order valence-corrected chi connectivity index (χ1v) is 6.88. The molecule has 6 nitrogen and oxygen atoms in total. The van der Waals surface area contributed by atoms with Crippen LogP contribution in [0, 0.1) is 5.41 Å². The Bertz CT molecular complexity index is 385. The number of hydrogen-bond donors (Lipinski definition) is 1. The van der Waals surface area contributed by atoms with Gasteiger partial charge in [-0.05, 0) is 48.5 Å². The van der Waals surface area contributed by atoms with Crippen molar-refractivity contribution in [2.24, 2.45) is 11.1 Å². The van der Waals surface area contributed by atoms with Crippen LogP contribution < -0.4 is 5.73 Å². The summed E-state index contributed by atoms with van der Waals surface area (Å²) in [5.74, 6) is -1.89. The number of hydrogen-bond acceptors (Lipinski definition) is 5. The van der Waals surface area contributed by atoms with Gasteiger partial charge in [-0.1, -0.05) is 0 Å². The number of ether oxygens (including phenoxy) is 2. The van der Waals surface area contributed by atoms with E-state index >= 15 is 0 Å². The Morgan fingerprint density at radius 3 is 1.24 bits per heavy atom. The van der Waals surface area contributed by atoms with Crippen LogP contribution in [0.2, 0.25) is 0 Å². The van der Waals surface area contributed by atoms with Gasteiger partial charge in [-0.2, -0.15) is 0 Å². The molecule has 0 aliphatic carbocycles. The zero-order valence-corrected chi connectivity index (χ0v) is 14.0. The van der Waals surface area contributed by atoms with E-state index in [1.54, 1.807) is 41.5 Å². The van der Waals surface area contributed by atoms with Crippen LogP contribution in [-0.2, 0) is 23.9 Å². The van der Waals surface area contributed by atoms with Gasteiger partial charge in [-0.3, -0.25) is 14.4 Å². The lowest BCUT2D eigenvalue weighted by Crippen LogP contribution is -2.41. The van der Waals surface area contributed by atoms with Gasteiger partial charge in [-0.25, -0.2) is 0 Å². The smallest absolute Gasteiger partial charge is 0.307 e. The van der Waals surface area contributed by atoms with Crippen LogP contribution in [0.25, 0.3) is 0 Å². The molecule has 0 radical (unpaired) electrons. The monoisotopic (exact) mass is 301 g/mol. The Hall–Kier alpha value is -1.59. The maximum Gasteiger partial charge on any atom is 0.307 e. The van der Waals surface area contributed by atoms with Gasteiger partial charge in [0.05, 0.1) is 18.3 Å². The average molecular weight is 301 g/mol. The summed E-state index contributed by atoms with van der Waals surface area (Å²) in [5, 5.41) is 0. The van der Waals surface area contributed by atoms with Crippen LogP contribution in [0.1, 0.15) is 61.3 Å². The van der Waals surface area contributed by atoms with Crippen molar-refractivity contribution in [1.82, 2.24) is 0 Å². The normalized spacial score (nSPS) is 12.7. The Kier molecular flexibility index (Phi) is 5.96. The second kappa shape index (κ2) is 6.45. The summed E-state index contributed by atoms with van der Waals surface area (Å²) in [4.78, 5) is 35.4. The molecule has 2 N–H and O–H groups in total. The average Bonchev–Trinajstić information content (AvgIpc) is 2.08. The Morgan fingerprint density at radius 2 is 1.05 bits per heavy atom. The number of carbonyl (C=O) groups is 3. The van der Waals surface area contributed by atoms with Crippen molar-refractivity contribution in [3.63, 3.8) is 0 Å². The Labute approximate surface area is 126 Å². The van der Waals surface area contributed by atoms with E-state index < -0.39 is 34.5 Å². The summed E-state index contributed by atoms with van der Waals surface area (Å²) < 4.78 is 10.3. The third kappa shape index (κ3) is 8.32. The molecule has 0 saturated carbocycles. The fraction of sp³-hybridized carbons (Fsp3) is 0.800. The highest BCUT2D eigenvalue weighted by atomic mass is 16.6. The molecule has 0 atom stereocenters. The minimum atomic E-state index is -1.33. The Balaban J connectivity index is 4.90. The van der Waals surface area contributed by atoms with Crippen molar-refractivity contribution in [3.05, 3.63) is 0 Å². The Morgan fingerprint density at radius 1 is 0.762 bits per heavy atom. The highest BCUT2D eigenvalue weighted by Gasteiger charge is 2.39. The third-order valence-electron chi connectivity index (χ3n) is 2.50. The lowest BCUT2D eigenvalue weighted by atomic mass is 9.82. The van der Waals surface area contributed by atoms with Gasteiger partial charge < -0.3 is 15.2 Å². The number of esters is 2. The molecule has 0 fully saturated rings. The van der Waals surface area contributed by atoms with Crippen LogP contribution in [0.5, 0.6) is 0 Å². The quantitative estimate of drug-likeness (QED) is 0.783. The summed E-state index contributed by atoms with van der Waals surface area (Å²) >= 11 is 0. The van der Waals surface area contributed by atoms with E-state index in [2.05, 4.69) is 0 Å². The second-order valence-corrected chi connectivity index (χ2v) is 7.45. The van der Waals surface area contributed by atoms with Crippen molar-refractivity contribution in [3.8, 4) is 0 Å². The molecule has 0 aromatic heterocycles. The van der Waals surface area contributed by atoms with Crippen molar-refractivity contribution in [2.75, 3.05) is 0 Å². The minimum absolute atomic E-state index is 0.265. The predicted octanol–water partition coefficient (Wildman–Crippen LogP) is 1.94. The van der Waals surface area contributed by atoms with E-state index in [1.807, 2.05) is 0 Å². The van der Waals surface area contributed by atoms with Crippen LogP contribution in [0.15, 0.2) is 0 Å². The number of amides is 1. The SMILES string of the molecule is CC(C)(C)OC(=O)CC(C)(CC(=O)OC(C)(C)C)C(N)=O. The topological polar surface area (TPSA) is 95.7 Å². The van der Waals surface area contributed by atoms with E-state index in [1.165, 1.54) is 6.92 Å².